The maximum Gasteiger partial charge on any atom is 0.160 e. The van der Waals surface area contributed by atoms with Crippen LogP contribution < -0.4 is 0 Å². The number of halogens is 1. The van der Waals surface area contributed by atoms with E-state index in [0.29, 0.717) is 17.5 Å². The van der Waals surface area contributed by atoms with Crippen LogP contribution >= 0.6 is 0 Å². The Hall–Kier alpha value is -1.18. The van der Waals surface area contributed by atoms with Gasteiger partial charge in [0.1, 0.15) is 5.82 Å². The van der Waals surface area contributed by atoms with Crippen molar-refractivity contribution in [3.8, 4) is 0 Å². The highest BCUT2D eigenvalue weighted by molar-refractivity contribution is 5.95. The first kappa shape index (κ1) is 11.9. The van der Waals surface area contributed by atoms with Crippen LogP contribution in [0.1, 0.15) is 49.0 Å². The van der Waals surface area contributed by atoms with E-state index < -0.39 is 0 Å². The molecular formula is C13H17FO. The summed E-state index contributed by atoms with van der Waals surface area (Å²) in [5.41, 5.74) is 1.12. The molecule has 0 aliphatic carbocycles. The van der Waals surface area contributed by atoms with Gasteiger partial charge in [-0.25, -0.2) is 4.39 Å². The van der Waals surface area contributed by atoms with E-state index in [9.17, 15) is 9.18 Å². The standard InChI is InChI=1S/C13H17FO/c1-3-4-5-7-12-11(10(2)15)8-6-9-13(12)14/h6,8-9H,3-5,7H2,1-2H3. The van der Waals surface area contributed by atoms with Crippen LogP contribution in [0.2, 0.25) is 0 Å². The third-order valence-corrected chi connectivity index (χ3v) is 2.53. The fourth-order valence-corrected chi connectivity index (χ4v) is 1.69. The maximum atomic E-state index is 13.5. The van der Waals surface area contributed by atoms with Gasteiger partial charge in [0.15, 0.2) is 5.78 Å². The second-order valence-electron chi connectivity index (χ2n) is 3.78. The summed E-state index contributed by atoms with van der Waals surface area (Å²) in [4.78, 5) is 11.3. The normalized spacial score (nSPS) is 10.3. The topological polar surface area (TPSA) is 17.1 Å². The van der Waals surface area contributed by atoms with E-state index in [0.717, 1.165) is 19.3 Å². The molecule has 0 fully saturated rings. The minimum absolute atomic E-state index is 0.0546. The molecule has 1 aromatic rings. The molecular weight excluding hydrogens is 191 g/mol. The summed E-state index contributed by atoms with van der Waals surface area (Å²) in [5, 5.41) is 0. The van der Waals surface area contributed by atoms with E-state index >= 15 is 0 Å². The van der Waals surface area contributed by atoms with Crippen molar-refractivity contribution >= 4 is 5.78 Å². The smallest absolute Gasteiger partial charge is 0.160 e. The zero-order chi connectivity index (χ0) is 11.3. The predicted octanol–water partition coefficient (Wildman–Crippen LogP) is 3.76. The van der Waals surface area contributed by atoms with Crippen LogP contribution in [0.15, 0.2) is 18.2 Å². The van der Waals surface area contributed by atoms with Crippen molar-refractivity contribution in [2.24, 2.45) is 0 Å². The van der Waals surface area contributed by atoms with E-state index in [2.05, 4.69) is 6.92 Å². The molecule has 0 heterocycles. The van der Waals surface area contributed by atoms with Gasteiger partial charge in [-0.1, -0.05) is 31.9 Å². The Kier molecular flexibility index (Phi) is 4.47. The van der Waals surface area contributed by atoms with E-state index in [1.807, 2.05) is 0 Å². The fourth-order valence-electron chi connectivity index (χ4n) is 1.69. The number of ketones is 1. The zero-order valence-electron chi connectivity index (χ0n) is 9.35. The highest BCUT2D eigenvalue weighted by Crippen LogP contribution is 2.17. The Bertz CT molecular complexity index is 344. The molecule has 0 saturated carbocycles. The van der Waals surface area contributed by atoms with Crippen LogP contribution in [0.5, 0.6) is 0 Å². The molecule has 0 spiro atoms. The Balaban J connectivity index is 2.87. The van der Waals surface area contributed by atoms with Crippen LogP contribution in [0.3, 0.4) is 0 Å². The molecule has 82 valence electrons. The lowest BCUT2D eigenvalue weighted by Crippen LogP contribution is -2.02. The van der Waals surface area contributed by atoms with Gasteiger partial charge < -0.3 is 0 Å². The third kappa shape index (κ3) is 3.15. The van der Waals surface area contributed by atoms with Crippen LogP contribution in [0.25, 0.3) is 0 Å². The minimum atomic E-state index is -0.251. The summed E-state index contributed by atoms with van der Waals surface area (Å²) < 4.78 is 13.5. The molecule has 0 radical (unpaired) electrons. The lowest BCUT2D eigenvalue weighted by atomic mass is 9.98. The number of rotatable bonds is 5. The van der Waals surface area contributed by atoms with Crippen molar-refractivity contribution in [3.05, 3.63) is 35.1 Å². The van der Waals surface area contributed by atoms with Gasteiger partial charge in [0.2, 0.25) is 0 Å². The summed E-state index contributed by atoms with van der Waals surface area (Å²) in [7, 11) is 0. The lowest BCUT2D eigenvalue weighted by molar-refractivity contribution is 0.101. The van der Waals surface area contributed by atoms with Gasteiger partial charge in [-0.2, -0.15) is 0 Å². The first-order chi connectivity index (χ1) is 7.16. The molecule has 0 aliphatic rings. The maximum absolute atomic E-state index is 13.5. The second-order valence-corrected chi connectivity index (χ2v) is 3.78. The molecule has 0 aromatic heterocycles. The molecule has 0 aliphatic heterocycles. The van der Waals surface area contributed by atoms with Gasteiger partial charge in [0, 0.05) is 5.56 Å². The molecule has 0 bridgehead atoms. The van der Waals surface area contributed by atoms with E-state index in [-0.39, 0.29) is 11.6 Å². The van der Waals surface area contributed by atoms with Crippen molar-refractivity contribution in [1.29, 1.82) is 0 Å². The molecule has 0 amide bonds. The first-order valence-electron chi connectivity index (χ1n) is 5.45. The van der Waals surface area contributed by atoms with Gasteiger partial charge >= 0.3 is 0 Å². The van der Waals surface area contributed by atoms with Crippen molar-refractivity contribution < 1.29 is 9.18 Å². The summed E-state index contributed by atoms with van der Waals surface area (Å²) in [6, 6.07) is 4.72. The zero-order valence-corrected chi connectivity index (χ0v) is 9.35. The summed E-state index contributed by atoms with van der Waals surface area (Å²) >= 11 is 0. The summed E-state index contributed by atoms with van der Waals surface area (Å²) in [6.45, 7) is 3.59. The van der Waals surface area contributed by atoms with Crippen molar-refractivity contribution in [2.45, 2.75) is 39.5 Å². The molecule has 0 unspecified atom stereocenters. The monoisotopic (exact) mass is 208 g/mol. The minimum Gasteiger partial charge on any atom is -0.294 e. The van der Waals surface area contributed by atoms with Gasteiger partial charge in [-0.3, -0.25) is 4.79 Å². The van der Waals surface area contributed by atoms with E-state index in [4.69, 9.17) is 0 Å². The highest BCUT2D eigenvalue weighted by atomic mass is 19.1. The molecule has 0 N–H and O–H groups in total. The Morgan fingerprint density at radius 2 is 2.07 bits per heavy atom. The molecule has 15 heavy (non-hydrogen) atoms. The summed E-state index contributed by atoms with van der Waals surface area (Å²) in [6.07, 6.45) is 3.78. The number of carbonyl (C=O) groups excluding carboxylic acids is 1. The molecule has 1 rings (SSSR count). The van der Waals surface area contributed by atoms with Gasteiger partial charge in [0.05, 0.1) is 0 Å². The van der Waals surface area contributed by atoms with E-state index in [1.165, 1.54) is 13.0 Å². The third-order valence-electron chi connectivity index (χ3n) is 2.53. The van der Waals surface area contributed by atoms with Crippen molar-refractivity contribution in [3.63, 3.8) is 0 Å². The molecule has 0 atom stereocenters. The molecule has 1 nitrogen and oxygen atoms in total. The molecule has 2 heteroatoms. The van der Waals surface area contributed by atoms with Gasteiger partial charge in [0.25, 0.3) is 0 Å². The lowest BCUT2D eigenvalue weighted by Gasteiger charge is -2.07. The first-order valence-corrected chi connectivity index (χ1v) is 5.45. The largest absolute Gasteiger partial charge is 0.294 e. The van der Waals surface area contributed by atoms with E-state index in [1.54, 1.807) is 12.1 Å². The second kappa shape index (κ2) is 5.64. The average Bonchev–Trinajstić information content (AvgIpc) is 2.20. The Labute approximate surface area is 90.3 Å². The van der Waals surface area contributed by atoms with Crippen LogP contribution in [0, 0.1) is 5.82 Å². The number of carbonyl (C=O) groups is 1. The van der Waals surface area contributed by atoms with Crippen LogP contribution in [-0.2, 0) is 6.42 Å². The molecule has 0 saturated heterocycles. The number of benzene rings is 1. The molecule has 1 aromatic carbocycles. The highest BCUT2D eigenvalue weighted by Gasteiger charge is 2.10. The number of unbranched alkanes of at least 4 members (excludes halogenated alkanes) is 2. The van der Waals surface area contributed by atoms with Crippen molar-refractivity contribution in [2.75, 3.05) is 0 Å². The number of hydrogen-bond acceptors (Lipinski definition) is 1. The quantitative estimate of drug-likeness (QED) is 0.532. The van der Waals surface area contributed by atoms with Gasteiger partial charge in [-0.05, 0) is 31.4 Å². The Morgan fingerprint density at radius 3 is 2.67 bits per heavy atom. The number of hydrogen-bond donors (Lipinski definition) is 0. The van der Waals surface area contributed by atoms with Crippen molar-refractivity contribution in [1.82, 2.24) is 0 Å². The van der Waals surface area contributed by atoms with Crippen LogP contribution in [-0.4, -0.2) is 5.78 Å². The summed E-state index contributed by atoms with van der Waals surface area (Å²) in [5.74, 6) is -0.306. The Morgan fingerprint density at radius 1 is 1.33 bits per heavy atom. The SMILES string of the molecule is CCCCCc1c(F)cccc1C(C)=O. The average molecular weight is 208 g/mol. The predicted molar refractivity (Wildman–Crippen MR) is 59.6 cm³/mol. The van der Waals surface area contributed by atoms with Crippen LogP contribution in [0.4, 0.5) is 4.39 Å². The number of Topliss-reactive ketones (excluding diaryl/α,β-unsaturated/α-hetero) is 1. The fraction of sp³-hybridized carbons (Fsp3) is 0.462. The van der Waals surface area contributed by atoms with Gasteiger partial charge in [-0.15, -0.1) is 0 Å².